The van der Waals surface area contributed by atoms with Crippen molar-refractivity contribution in [1.82, 2.24) is 5.32 Å². The van der Waals surface area contributed by atoms with Gasteiger partial charge in [-0.05, 0) is 25.3 Å². The molecule has 0 aromatic heterocycles. The van der Waals surface area contributed by atoms with E-state index in [1.807, 2.05) is 0 Å². The molecule has 0 aliphatic carbocycles. The Labute approximate surface area is 90.0 Å². The van der Waals surface area contributed by atoms with Gasteiger partial charge in [0.1, 0.15) is 0 Å². The number of aliphatic hydroxyl groups is 2. The van der Waals surface area contributed by atoms with Crippen LogP contribution in [0.5, 0.6) is 0 Å². The minimum atomic E-state index is -0.613. The van der Waals surface area contributed by atoms with E-state index in [0.29, 0.717) is 25.8 Å². The number of rotatable bonds is 8. The lowest BCUT2D eigenvalue weighted by Gasteiger charge is -2.28. The highest BCUT2D eigenvalue weighted by Crippen LogP contribution is 2.15. The molecule has 0 atom stereocenters. The molecule has 5 nitrogen and oxygen atoms in total. The van der Waals surface area contributed by atoms with Crippen LogP contribution in [0, 0.1) is 0 Å². The minimum absolute atomic E-state index is 0.0219. The van der Waals surface area contributed by atoms with E-state index in [1.165, 1.54) is 6.08 Å². The lowest BCUT2D eigenvalue weighted by atomic mass is 9.89. The van der Waals surface area contributed by atoms with Gasteiger partial charge in [-0.1, -0.05) is 6.58 Å². The van der Waals surface area contributed by atoms with Crippen LogP contribution in [-0.2, 0) is 4.79 Å². The van der Waals surface area contributed by atoms with Crippen LogP contribution >= 0.6 is 0 Å². The molecule has 5 heteroatoms. The maximum Gasteiger partial charge on any atom is 0.243 e. The Morgan fingerprint density at radius 1 is 1.33 bits per heavy atom. The van der Waals surface area contributed by atoms with E-state index >= 15 is 0 Å². The van der Waals surface area contributed by atoms with Crippen LogP contribution in [0.2, 0.25) is 0 Å². The predicted molar refractivity (Wildman–Crippen MR) is 58.1 cm³/mol. The van der Waals surface area contributed by atoms with Crippen LogP contribution in [0.15, 0.2) is 12.7 Å². The molecule has 0 aliphatic rings. The molecular weight excluding hydrogens is 196 g/mol. The number of nitrogens with two attached hydrogens (primary N) is 1. The molecule has 15 heavy (non-hydrogen) atoms. The average Bonchev–Trinajstić information content (AvgIpc) is 2.18. The second-order valence-electron chi connectivity index (χ2n) is 3.55. The van der Waals surface area contributed by atoms with Crippen LogP contribution in [-0.4, -0.2) is 41.4 Å². The van der Waals surface area contributed by atoms with Crippen molar-refractivity contribution in [2.24, 2.45) is 5.73 Å². The van der Waals surface area contributed by atoms with Crippen molar-refractivity contribution in [3.8, 4) is 0 Å². The minimum Gasteiger partial charge on any atom is -0.396 e. The lowest BCUT2D eigenvalue weighted by Crippen LogP contribution is -2.44. The molecule has 0 heterocycles. The van der Waals surface area contributed by atoms with Gasteiger partial charge >= 0.3 is 0 Å². The Hall–Kier alpha value is -0.910. The molecule has 1 amide bonds. The van der Waals surface area contributed by atoms with E-state index in [-0.39, 0.29) is 19.1 Å². The molecule has 0 aliphatic heterocycles. The second kappa shape index (κ2) is 7.39. The van der Waals surface area contributed by atoms with Gasteiger partial charge in [0.15, 0.2) is 0 Å². The number of carbonyl (C=O) groups is 1. The van der Waals surface area contributed by atoms with Gasteiger partial charge < -0.3 is 21.3 Å². The molecule has 5 N–H and O–H groups in total. The number of hydrogen-bond acceptors (Lipinski definition) is 4. The van der Waals surface area contributed by atoms with Crippen molar-refractivity contribution in [2.75, 3.05) is 19.8 Å². The Bertz CT molecular complexity index is 201. The quantitative estimate of drug-likeness (QED) is 0.397. The SMILES string of the molecule is C=CC(=O)NCCC(N)(CCO)CCO. The molecule has 0 rings (SSSR count). The standard InChI is InChI=1S/C10H20N2O3/c1-2-9(15)12-6-3-10(11,4-7-13)5-8-14/h2,13-14H,1,3-8,11H2,(H,12,15). The second-order valence-corrected chi connectivity index (χ2v) is 3.55. The summed E-state index contributed by atoms with van der Waals surface area (Å²) < 4.78 is 0. The van der Waals surface area contributed by atoms with Crippen LogP contribution in [0.25, 0.3) is 0 Å². The smallest absolute Gasteiger partial charge is 0.243 e. The molecule has 0 aromatic rings. The Balaban J connectivity index is 3.94. The highest BCUT2D eigenvalue weighted by molar-refractivity contribution is 5.86. The zero-order chi connectivity index (χ0) is 11.7. The largest absolute Gasteiger partial charge is 0.396 e. The van der Waals surface area contributed by atoms with Gasteiger partial charge in [-0.25, -0.2) is 0 Å². The third-order valence-corrected chi connectivity index (χ3v) is 2.33. The van der Waals surface area contributed by atoms with E-state index in [1.54, 1.807) is 0 Å². The number of nitrogens with one attached hydrogen (secondary N) is 1. The third-order valence-electron chi connectivity index (χ3n) is 2.33. The van der Waals surface area contributed by atoms with E-state index in [2.05, 4.69) is 11.9 Å². The summed E-state index contributed by atoms with van der Waals surface area (Å²) >= 11 is 0. The molecule has 0 radical (unpaired) electrons. The topological polar surface area (TPSA) is 95.6 Å². The summed E-state index contributed by atoms with van der Waals surface area (Å²) in [6.07, 6.45) is 2.54. The number of carbonyl (C=O) groups excluding carboxylic acids is 1. The van der Waals surface area contributed by atoms with E-state index in [9.17, 15) is 4.79 Å². The van der Waals surface area contributed by atoms with Gasteiger partial charge in [0.2, 0.25) is 5.91 Å². The Morgan fingerprint density at radius 2 is 1.87 bits per heavy atom. The predicted octanol–water partition coefficient (Wildman–Crippen LogP) is -0.859. The van der Waals surface area contributed by atoms with Gasteiger partial charge in [0.25, 0.3) is 0 Å². The van der Waals surface area contributed by atoms with Gasteiger partial charge in [0, 0.05) is 25.3 Å². The fourth-order valence-corrected chi connectivity index (χ4v) is 1.33. The van der Waals surface area contributed by atoms with Gasteiger partial charge in [-0.15, -0.1) is 0 Å². The Kier molecular flexibility index (Phi) is 6.94. The van der Waals surface area contributed by atoms with Crippen molar-refractivity contribution in [2.45, 2.75) is 24.8 Å². The summed E-state index contributed by atoms with van der Waals surface area (Å²) in [7, 11) is 0. The monoisotopic (exact) mass is 216 g/mol. The molecule has 88 valence electrons. The normalized spacial score (nSPS) is 11.1. The first-order chi connectivity index (χ1) is 7.08. The van der Waals surface area contributed by atoms with E-state index in [0.717, 1.165) is 0 Å². The number of aliphatic hydroxyl groups excluding tert-OH is 2. The van der Waals surface area contributed by atoms with Crippen molar-refractivity contribution >= 4 is 5.91 Å². The number of hydrogen-bond donors (Lipinski definition) is 4. The molecule has 0 bridgehead atoms. The third kappa shape index (κ3) is 6.22. The van der Waals surface area contributed by atoms with Crippen molar-refractivity contribution < 1.29 is 15.0 Å². The molecule has 0 spiro atoms. The molecular formula is C10H20N2O3. The maximum absolute atomic E-state index is 10.8. The fraction of sp³-hybridized carbons (Fsp3) is 0.700. The van der Waals surface area contributed by atoms with Crippen molar-refractivity contribution in [1.29, 1.82) is 0 Å². The van der Waals surface area contributed by atoms with Gasteiger partial charge in [-0.2, -0.15) is 0 Å². The number of amides is 1. The van der Waals surface area contributed by atoms with Crippen molar-refractivity contribution in [3.63, 3.8) is 0 Å². The molecule has 0 unspecified atom stereocenters. The summed E-state index contributed by atoms with van der Waals surface area (Å²) in [4.78, 5) is 10.8. The van der Waals surface area contributed by atoms with Gasteiger partial charge in [0.05, 0.1) is 0 Å². The molecule has 0 saturated carbocycles. The van der Waals surface area contributed by atoms with E-state index < -0.39 is 5.54 Å². The first kappa shape index (κ1) is 14.1. The van der Waals surface area contributed by atoms with E-state index in [4.69, 9.17) is 15.9 Å². The van der Waals surface area contributed by atoms with Crippen LogP contribution in [0.3, 0.4) is 0 Å². The maximum atomic E-state index is 10.8. The average molecular weight is 216 g/mol. The van der Waals surface area contributed by atoms with Gasteiger partial charge in [-0.3, -0.25) is 4.79 Å². The zero-order valence-corrected chi connectivity index (χ0v) is 8.91. The summed E-state index contributed by atoms with van der Waals surface area (Å²) in [5.41, 5.74) is 5.34. The summed E-state index contributed by atoms with van der Waals surface area (Å²) in [5, 5.41) is 20.2. The highest BCUT2D eigenvalue weighted by Gasteiger charge is 2.23. The fourth-order valence-electron chi connectivity index (χ4n) is 1.33. The summed E-state index contributed by atoms with van der Waals surface area (Å²) in [6, 6.07) is 0. The van der Waals surface area contributed by atoms with Crippen molar-refractivity contribution in [3.05, 3.63) is 12.7 Å². The highest BCUT2D eigenvalue weighted by atomic mass is 16.3. The Morgan fingerprint density at radius 3 is 2.27 bits per heavy atom. The first-order valence-corrected chi connectivity index (χ1v) is 4.99. The molecule has 0 aromatic carbocycles. The summed E-state index contributed by atoms with van der Waals surface area (Å²) in [5.74, 6) is -0.245. The molecule has 0 saturated heterocycles. The first-order valence-electron chi connectivity index (χ1n) is 4.99. The van der Waals surface area contributed by atoms with Crippen LogP contribution in [0.1, 0.15) is 19.3 Å². The zero-order valence-electron chi connectivity index (χ0n) is 8.91. The van der Waals surface area contributed by atoms with Crippen LogP contribution < -0.4 is 11.1 Å². The molecule has 0 fully saturated rings. The lowest BCUT2D eigenvalue weighted by molar-refractivity contribution is -0.116. The van der Waals surface area contributed by atoms with Crippen LogP contribution in [0.4, 0.5) is 0 Å². The summed E-state index contributed by atoms with van der Waals surface area (Å²) in [6.45, 7) is 3.70.